The van der Waals surface area contributed by atoms with Crippen LogP contribution in [0.2, 0.25) is 0 Å². The van der Waals surface area contributed by atoms with Crippen molar-refractivity contribution in [1.82, 2.24) is 13.7 Å². The summed E-state index contributed by atoms with van der Waals surface area (Å²) in [5.41, 5.74) is 13.2. The highest BCUT2D eigenvalue weighted by Gasteiger charge is 2.20. The number of hydrogen-bond acceptors (Lipinski definition) is 1. The lowest BCUT2D eigenvalue weighted by molar-refractivity contribution is 1.16. The molecule has 0 aliphatic carbocycles. The summed E-state index contributed by atoms with van der Waals surface area (Å²) in [6.45, 7) is 0. The summed E-state index contributed by atoms with van der Waals surface area (Å²) >= 11 is 1.89. The average molecular weight is 756 g/mol. The van der Waals surface area contributed by atoms with Gasteiger partial charge in [0.05, 0.1) is 37.8 Å². The summed E-state index contributed by atoms with van der Waals surface area (Å²) < 4.78 is 9.96. The Morgan fingerprint density at radius 3 is 1.41 bits per heavy atom. The molecule has 0 fully saturated rings. The molecule has 9 aromatic carbocycles. The van der Waals surface area contributed by atoms with Crippen LogP contribution in [0.3, 0.4) is 0 Å². The normalized spacial score (nSPS) is 12.1. The molecule has 13 aromatic rings. The molecule has 270 valence electrons. The Balaban J connectivity index is 1.02. The van der Waals surface area contributed by atoms with Crippen LogP contribution in [0.5, 0.6) is 0 Å². The number of nitrogens with zero attached hydrogens (tertiary/aromatic N) is 3. The molecule has 0 saturated carbocycles. The van der Waals surface area contributed by atoms with E-state index in [-0.39, 0.29) is 0 Å². The first kappa shape index (κ1) is 31.8. The molecule has 3 nitrogen and oxygen atoms in total. The van der Waals surface area contributed by atoms with E-state index >= 15 is 0 Å². The second kappa shape index (κ2) is 12.1. The van der Waals surface area contributed by atoms with Gasteiger partial charge in [-0.2, -0.15) is 0 Å². The molecule has 0 saturated heterocycles. The summed E-state index contributed by atoms with van der Waals surface area (Å²) in [7, 11) is 0. The van der Waals surface area contributed by atoms with Crippen LogP contribution >= 0.6 is 11.3 Å². The zero-order valence-electron chi connectivity index (χ0n) is 31.3. The molecular formula is C54H33N3S. The van der Waals surface area contributed by atoms with Crippen LogP contribution in [0.15, 0.2) is 200 Å². The van der Waals surface area contributed by atoms with Crippen LogP contribution in [0.25, 0.3) is 114 Å². The maximum Gasteiger partial charge on any atom is 0.0719 e. The van der Waals surface area contributed by atoms with Gasteiger partial charge in [-0.1, -0.05) is 121 Å². The first-order valence-electron chi connectivity index (χ1n) is 19.8. The fourth-order valence-electron chi connectivity index (χ4n) is 9.69. The summed E-state index contributed by atoms with van der Waals surface area (Å²) in [6, 6.07) is 73.6. The van der Waals surface area contributed by atoms with Gasteiger partial charge in [0.1, 0.15) is 0 Å². The molecule has 4 heterocycles. The molecule has 4 heteroatoms. The second-order valence-corrected chi connectivity index (χ2v) is 16.4. The van der Waals surface area contributed by atoms with Crippen molar-refractivity contribution in [3.05, 3.63) is 200 Å². The lowest BCUT2D eigenvalue weighted by Crippen LogP contribution is -1.97. The molecule has 4 aromatic heterocycles. The van der Waals surface area contributed by atoms with Crippen LogP contribution in [-0.2, 0) is 0 Å². The molecule has 0 aliphatic heterocycles. The van der Waals surface area contributed by atoms with Crippen molar-refractivity contribution in [2.75, 3.05) is 0 Å². The maximum atomic E-state index is 2.49. The van der Waals surface area contributed by atoms with E-state index in [1.807, 2.05) is 11.3 Å². The number of aromatic nitrogens is 3. The van der Waals surface area contributed by atoms with Crippen molar-refractivity contribution in [3.8, 4) is 28.2 Å². The minimum atomic E-state index is 1.15. The van der Waals surface area contributed by atoms with E-state index in [0.29, 0.717) is 0 Å². The molecule has 0 unspecified atom stereocenters. The van der Waals surface area contributed by atoms with Gasteiger partial charge in [-0.25, -0.2) is 0 Å². The molecule has 0 amide bonds. The van der Waals surface area contributed by atoms with Gasteiger partial charge in [0.25, 0.3) is 0 Å². The van der Waals surface area contributed by atoms with Gasteiger partial charge >= 0.3 is 0 Å². The van der Waals surface area contributed by atoms with Crippen LogP contribution in [0.4, 0.5) is 0 Å². The van der Waals surface area contributed by atoms with Gasteiger partial charge in [0.2, 0.25) is 0 Å². The third kappa shape index (κ3) is 4.43. The second-order valence-electron chi connectivity index (χ2n) is 15.3. The van der Waals surface area contributed by atoms with E-state index in [0.717, 1.165) is 5.69 Å². The number of hydrogen-bond donors (Lipinski definition) is 0. The van der Waals surface area contributed by atoms with Crippen LogP contribution in [0, 0.1) is 0 Å². The molecule has 0 atom stereocenters. The van der Waals surface area contributed by atoms with Gasteiger partial charge in [-0.3, -0.25) is 0 Å². The zero-order chi connectivity index (χ0) is 37.9. The van der Waals surface area contributed by atoms with E-state index in [4.69, 9.17) is 0 Å². The third-order valence-electron chi connectivity index (χ3n) is 12.2. The zero-order valence-corrected chi connectivity index (χ0v) is 32.1. The monoisotopic (exact) mass is 755 g/mol. The Morgan fingerprint density at radius 1 is 0.276 bits per heavy atom. The molecule has 0 bridgehead atoms. The predicted molar refractivity (Wildman–Crippen MR) is 248 cm³/mol. The number of para-hydroxylation sites is 4. The third-order valence-corrected chi connectivity index (χ3v) is 13.4. The number of benzene rings is 9. The number of fused-ring (bicyclic) bond motifs is 13. The highest BCUT2D eigenvalue weighted by Crippen LogP contribution is 2.44. The minimum Gasteiger partial charge on any atom is -0.309 e. The van der Waals surface area contributed by atoms with Gasteiger partial charge in [-0.15, -0.1) is 11.3 Å². The number of rotatable bonds is 4. The lowest BCUT2D eigenvalue weighted by Gasteiger charge is -2.12. The molecule has 13 rings (SSSR count). The fourth-order valence-corrected chi connectivity index (χ4v) is 10.9. The molecular weight excluding hydrogens is 723 g/mol. The molecule has 58 heavy (non-hydrogen) atoms. The lowest BCUT2D eigenvalue weighted by atomic mass is 10.0. The van der Waals surface area contributed by atoms with Crippen molar-refractivity contribution in [2.24, 2.45) is 0 Å². The largest absolute Gasteiger partial charge is 0.309 e. The van der Waals surface area contributed by atoms with Gasteiger partial charge in [-0.05, 0) is 90.0 Å². The quantitative estimate of drug-likeness (QED) is 0.170. The summed E-state index contributed by atoms with van der Waals surface area (Å²) in [5.74, 6) is 0. The first-order chi connectivity index (χ1) is 28.8. The summed E-state index contributed by atoms with van der Waals surface area (Å²) in [5, 5.41) is 10.2. The topological polar surface area (TPSA) is 14.8 Å². The fraction of sp³-hybridized carbons (Fsp3) is 0. The minimum absolute atomic E-state index is 1.15. The maximum absolute atomic E-state index is 2.49. The summed E-state index contributed by atoms with van der Waals surface area (Å²) in [6.07, 6.45) is 0. The SMILES string of the molecule is c1ccc(-n2c3ccccc3c3cc(-c4ccc5c(c4)c4ccccc4n5-c4ccc5c6ccc7c8ccccc8sc7c6n(-c6ccccc6)c5c4)ccc32)cc1. The Labute approximate surface area is 337 Å². The number of thiophene rings is 1. The molecule has 0 aliphatic rings. The van der Waals surface area contributed by atoms with E-state index < -0.39 is 0 Å². The predicted octanol–water partition coefficient (Wildman–Crippen LogP) is 15.0. The Morgan fingerprint density at radius 2 is 0.759 bits per heavy atom. The van der Waals surface area contributed by atoms with Crippen molar-refractivity contribution >= 4 is 96.9 Å². The molecule has 0 spiro atoms. The highest BCUT2D eigenvalue weighted by atomic mass is 32.1. The average Bonchev–Trinajstić information content (AvgIpc) is 4.03. The van der Waals surface area contributed by atoms with Gasteiger partial charge in [0.15, 0.2) is 0 Å². The smallest absolute Gasteiger partial charge is 0.0719 e. The Bertz CT molecular complexity index is 3790. The van der Waals surface area contributed by atoms with Crippen molar-refractivity contribution in [3.63, 3.8) is 0 Å². The van der Waals surface area contributed by atoms with E-state index in [9.17, 15) is 0 Å². The Kier molecular flexibility index (Phi) is 6.60. The van der Waals surface area contributed by atoms with E-state index in [1.54, 1.807) is 0 Å². The van der Waals surface area contributed by atoms with Crippen molar-refractivity contribution in [1.29, 1.82) is 0 Å². The van der Waals surface area contributed by atoms with Gasteiger partial charge in [0, 0.05) is 64.9 Å². The van der Waals surface area contributed by atoms with Crippen LogP contribution in [-0.4, -0.2) is 13.7 Å². The molecule has 0 radical (unpaired) electrons. The van der Waals surface area contributed by atoms with Crippen molar-refractivity contribution in [2.45, 2.75) is 0 Å². The van der Waals surface area contributed by atoms with Crippen molar-refractivity contribution < 1.29 is 0 Å². The first-order valence-corrected chi connectivity index (χ1v) is 20.7. The van der Waals surface area contributed by atoms with E-state index in [2.05, 4.69) is 214 Å². The van der Waals surface area contributed by atoms with Crippen LogP contribution in [0.1, 0.15) is 0 Å². The van der Waals surface area contributed by atoms with Crippen LogP contribution < -0.4 is 0 Å². The molecule has 0 N–H and O–H groups in total. The standard InChI is InChI=1S/C54H33N3S/c1-3-13-36(14-4-1)55-47-20-10-7-17-39(47)45-31-34(23-29-49(45)55)35-24-30-50-46(32-35)40-18-8-11-21-48(40)56(50)38-25-26-41-43-27-28-44-42-19-9-12-22-52(42)58-54(44)53(43)57(51(41)33-38)37-15-5-2-6-16-37/h1-33H. The highest BCUT2D eigenvalue weighted by molar-refractivity contribution is 7.26. The Hall–Kier alpha value is -7.40. The van der Waals surface area contributed by atoms with E-state index in [1.165, 1.54) is 108 Å². The van der Waals surface area contributed by atoms with Gasteiger partial charge < -0.3 is 13.7 Å². The summed E-state index contributed by atoms with van der Waals surface area (Å²) in [4.78, 5) is 0.